The number of carboxylic acid groups (broad SMARTS) is 1. The van der Waals surface area contributed by atoms with Gasteiger partial charge in [-0.05, 0) is 40.3 Å². The van der Waals surface area contributed by atoms with Crippen molar-refractivity contribution in [2.75, 3.05) is 6.61 Å². The molecule has 0 amide bonds. The number of hydrogen-bond donors (Lipinski definition) is 1. The standard InChI is InChI=1S/C23H19N3O3.C21H15N3O3/c1-2-29-23(28)19-15-26(22-20(21(19)27)24-12-13-25-22)14-16-8-10-18(11-9-16)17-6-4-3-5-7-17;25-19-17(21(26)27)13-24(20-18(19)22-10-11-23-20)12-14-6-8-16(9-7-14)15-4-2-1-3-5-15/h3-13,15H,2,14H2,1H3;1-11,13H,12H2,(H,26,27). The minimum Gasteiger partial charge on any atom is -0.477 e. The van der Waals surface area contributed by atoms with Crippen LogP contribution in [0.4, 0.5) is 0 Å². The Kier molecular flexibility index (Phi) is 10.9. The molecule has 0 aliphatic carbocycles. The number of aromatic carboxylic acids is 1. The van der Waals surface area contributed by atoms with Gasteiger partial charge < -0.3 is 19.0 Å². The predicted molar refractivity (Wildman–Crippen MR) is 212 cm³/mol. The Balaban J connectivity index is 0.000000172. The van der Waals surface area contributed by atoms with E-state index in [1.54, 1.807) is 16.1 Å². The number of fused-ring (bicyclic) bond motifs is 2. The first-order valence-electron chi connectivity index (χ1n) is 17.7. The van der Waals surface area contributed by atoms with Crippen molar-refractivity contribution in [3.05, 3.63) is 189 Å². The maximum absolute atomic E-state index is 12.6. The molecule has 0 bridgehead atoms. The molecule has 0 saturated carbocycles. The van der Waals surface area contributed by atoms with Gasteiger partial charge in [-0.1, -0.05) is 109 Å². The number of hydrogen-bond acceptors (Lipinski definition) is 9. The quantitative estimate of drug-likeness (QED) is 0.154. The Bertz CT molecular complexity index is 2790. The Morgan fingerprint density at radius 2 is 0.946 bits per heavy atom. The SMILES string of the molecule is CCOC(=O)c1cn(Cc2ccc(-c3ccccc3)cc2)c2nccnc2c1=O.O=C(O)c1cn(Cc2ccc(-c3ccccc3)cc2)c2nccnc2c1=O. The largest absolute Gasteiger partial charge is 0.477 e. The van der Waals surface area contributed by atoms with Crippen molar-refractivity contribution in [2.24, 2.45) is 0 Å². The molecule has 56 heavy (non-hydrogen) atoms. The van der Waals surface area contributed by atoms with Crippen molar-refractivity contribution in [1.82, 2.24) is 29.1 Å². The van der Waals surface area contributed by atoms with Crippen LogP contribution in [0.2, 0.25) is 0 Å². The van der Waals surface area contributed by atoms with Gasteiger partial charge in [0.2, 0.25) is 10.9 Å². The third kappa shape index (κ3) is 7.99. The summed E-state index contributed by atoms with van der Waals surface area (Å²) in [6.45, 7) is 2.71. The van der Waals surface area contributed by atoms with Crippen molar-refractivity contribution >= 4 is 34.3 Å². The van der Waals surface area contributed by atoms with E-state index in [0.29, 0.717) is 24.4 Å². The lowest BCUT2D eigenvalue weighted by Crippen LogP contribution is -2.22. The van der Waals surface area contributed by atoms with E-state index >= 15 is 0 Å². The Morgan fingerprint density at radius 1 is 0.554 bits per heavy atom. The fourth-order valence-electron chi connectivity index (χ4n) is 6.22. The van der Waals surface area contributed by atoms with E-state index in [1.165, 1.54) is 37.2 Å². The van der Waals surface area contributed by atoms with Crippen LogP contribution in [0.3, 0.4) is 0 Å². The second-order valence-corrected chi connectivity index (χ2v) is 12.6. The number of carbonyl (C=O) groups excluding carboxylic acids is 1. The molecule has 4 aromatic carbocycles. The van der Waals surface area contributed by atoms with E-state index in [0.717, 1.165) is 33.4 Å². The number of carboxylic acids is 1. The molecule has 0 spiro atoms. The highest BCUT2D eigenvalue weighted by Crippen LogP contribution is 2.22. The predicted octanol–water partition coefficient (Wildman–Crippen LogP) is 6.89. The van der Waals surface area contributed by atoms with E-state index in [1.807, 2.05) is 97.1 Å². The van der Waals surface area contributed by atoms with Crippen LogP contribution in [0.25, 0.3) is 44.6 Å². The van der Waals surface area contributed by atoms with Crippen LogP contribution in [0, 0.1) is 0 Å². The van der Waals surface area contributed by atoms with Gasteiger partial charge >= 0.3 is 11.9 Å². The van der Waals surface area contributed by atoms with E-state index in [-0.39, 0.29) is 28.8 Å². The third-order valence-electron chi connectivity index (χ3n) is 8.94. The van der Waals surface area contributed by atoms with Gasteiger partial charge in [0, 0.05) is 50.3 Å². The summed E-state index contributed by atoms with van der Waals surface area (Å²) in [5, 5.41) is 9.32. The molecule has 12 nitrogen and oxygen atoms in total. The zero-order chi connectivity index (χ0) is 39.0. The molecule has 12 heteroatoms. The van der Waals surface area contributed by atoms with E-state index < -0.39 is 22.8 Å². The summed E-state index contributed by atoms with van der Waals surface area (Å²) in [6, 6.07) is 36.3. The molecule has 4 heterocycles. The van der Waals surface area contributed by atoms with Crippen LogP contribution < -0.4 is 10.9 Å². The number of benzene rings is 4. The fraction of sp³-hybridized carbons (Fsp3) is 0.0909. The molecule has 4 aromatic heterocycles. The lowest BCUT2D eigenvalue weighted by molar-refractivity contribution is 0.0523. The fourth-order valence-corrected chi connectivity index (χ4v) is 6.22. The molecule has 0 aliphatic rings. The number of carbonyl (C=O) groups is 2. The zero-order valence-corrected chi connectivity index (χ0v) is 30.1. The maximum atomic E-state index is 12.6. The second-order valence-electron chi connectivity index (χ2n) is 12.6. The molecule has 8 rings (SSSR count). The maximum Gasteiger partial charge on any atom is 0.343 e. The summed E-state index contributed by atoms with van der Waals surface area (Å²) >= 11 is 0. The molecule has 0 atom stereocenters. The molecule has 8 aromatic rings. The first-order valence-corrected chi connectivity index (χ1v) is 17.7. The summed E-state index contributed by atoms with van der Waals surface area (Å²) in [7, 11) is 0. The van der Waals surface area contributed by atoms with E-state index in [4.69, 9.17) is 4.74 Å². The summed E-state index contributed by atoms with van der Waals surface area (Å²) < 4.78 is 8.43. The number of rotatable bonds is 9. The first-order chi connectivity index (χ1) is 27.3. The second kappa shape index (κ2) is 16.6. The topological polar surface area (TPSA) is 159 Å². The van der Waals surface area contributed by atoms with Crippen LogP contribution >= 0.6 is 0 Å². The summed E-state index contributed by atoms with van der Waals surface area (Å²) in [5.41, 5.74) is 5.99. The van der Waals surface area contributed by atoms with E-state index in [2.05, 4.69) is 32.1 Å². The van der Waals surface area contributed by atoms with E-state index in [9.17, 15) is 24.3 Å². The average Bonchev–Trinajstić information content (AvgIpc) is 3.24. The summed E-state index contributed by atoms with van der Waals surface area (Å²) in [5.74, 6) is -1.93. The molecule has 0 aliphatic heterocycles. The van der Waals surface area contributed by atoms with Crippen molar-refractivity contribution in [1.29, 1.82) is 0 Å². The van der Waals surface area contributed by atoms with Gasteiger partial charge in [-0.2, -0.15) is 0 Å². The first kappa shape index (κ1) is 36.7. The Morgan fingerprint density at radius 3 is 1.38 bits per heavy atom. The Labute approximate surface area is 320 Å². The lowest BCUT2D eigenvalue weighted by Gasteiger charge is -2.12. The van der Waals surface area contributed by atoms with Crippen molar-refractivity contribution < 1.29 is 19.4 Å². The molecule has 0 radical (unpaired) electrons. The number of ether oxygens (including phenoxy) is 1. The molecular weight excluding hydrogens is 709 g/mol. The molecule has 1 N–H and O–H groups in total. The highest BCUT2D eigenvalue weighted by Gasteiger charge is 2.19. The van der Waals surface area contributed by atoms with Crippen LogP contribution in [0.5, 0.6) is 0 Å². The smallest absolute Gasteiger partial charge is 0.343 e. The normalized spacial score (nSPS) is 10.8. The minimum absolute atomic E-state index is 0.0410. The molecule has 0 unspecified atom stereocenters. The van der Waals surface area contributed by atoms with Gasteiger partial charge in [-0.25, -0.2) is 29.5 Å². The molecule has 0 saturated heterocycles. The van der Waals surface area contributed by atoms with Crippen LogP contribution in [-0.4, -0.2) is 52.7 Å². The van der Waals surface area contributed by atoms with Crippen LogP contribution in [-0.2, 0) is 17.8 Å². The minimum atomic E-state index is -1.28. The van der Waals surface area contributed by atoms with Gasteiger partial charge in [0.1, 0.15) is 11.1 Å². The molecule has 276 valence electrons. The summed E-state index contributed by atoms with van der Waals surface area (Å²) in [4.78, 5) is 65.2. The molecular formula is C44H34N6O6. The lowest BCUT2D eigenvalue weighted by atomic mass is 10.0. The number of nitrogens with zero attached hydrogens (tertiary/aromatic N) is 6. The highest BCUT2D eigenvalue weighted by atomic mass is 16.5. The van der Waals surface area contributed by atoms with Gasteiger partial charge in [0.15, 0.2) is 22.3 Å². The van der Waals surface area contributed by atoms with Crippen molar-refractivity contribution in [3.63, 3.8) is 0 Å². The summed E-state index contributed by atoms with van der Waals surface area (Å²) in [6.07, 6.45) is 8.67. The van der Waals surface area contributed by atoms with Crippen LogP contribution in [0.15, 0.2) is 156 Å². The zero-order valence-electron chi connectivity index (χ0n) is 30.1. The van der Waals surface area contributed by atoms with Gasteiger partial charge in [0.05, 0.1) is 6.61 Å². The van der Waals surface area contributed by atoms with Crippen molar-refractivity contribution in [2.45, 2.75) is 20.0 Å². The number of esters is 1. The van der Waals surface area contributed by atoms with Crippen molar-refractivity contribution in [3.8, 4) is 22.3 Å². The monoisotopic (exact) mass is 742 g/mol. The van der Waals surface area contributed by atoms with Gasteiger partial charge in [0.25, 0.3) is 0 Å². The average molecular weight is 743 g/mol. The van der Waals surface area contributed by atoms with Crippen LogP contribution in [0.1, 0.15) is 38.8 Å². The number of pyridine rings is 2. The highest BCUT2D eigenvalue weighted by molar-refractivity contribution is 5.92. The van der Waals surface area contributed by atoms with Gasteiger partial charge in [-0.3, -0.25) is 9.59 Å². The molecule has 0 fully saturated rings. The third-order valence-corrected chi connectivity index (χ3v) is 8.94. The Hall–Kier alpha value is -7.60. The van der Waals surface area contributed by atoms with Gasteiger partial charge in [-0.15, -0.1) is 0 Å². The number of aromatic nitrogens is 6.